The van der Waals surface area contributed by atoms with Crippen LogP contribution >= 0.6 is 12.2 Å². The second-order valence-corrected chi connectivity index (χ2v) is 5.15. The summed E-state index contributed by atoms with van der Waals surface area (Å²) in [7, 11) is 0. The molecule has 80 valence electrons. The zero-order valence-electron chi connectivity index (χ0n) is 8.18. The Morgan fingerprint density at radius 2 is 1.87 bits per heavy atom. The van der Waals surface area contributed by atoms with E-state index in [4.69, 9.17) is 18.0 Å². The summed E-state index contributed by atoms with van der Waals surface area (Å²) in [6.07, 6.45) is 2.78. The van der Waals surface area contributed by atoms with Gasteiger partial charge >= 0.3 is 0 Å². The Kier molecular flexibility index (Phi) is 1.72. The fraction of sp³-hybridized carbons (Fsp3) is 0.700. The maximum absolute atomic E-state index is 11.8. The highest BCUT2D eigenvalue weighted by atomic mass is 32.1. The molecule has 4 nitrogen and oxygen atoms in total. The lowest BCUT2D eigenvalue weighted by Crippen LogP contribution is -2.49. The van der Waals surface area contributed by atoms with E-state index < -0.39 is 0 Å². The summed E-state index contributed by atoms with van der Waals surface area (Å²) in [5, 5.41) is 0. The van der Waals surface area contributed by atoms with Crippen LogP contribution in [0.25, 0.3) is 0 Å². The molecule has 3 aliphatic rings. The number of hydrogen-bond acceptors (Lipinski definition) is 3. The summed E-state index contributed by atoms with van der Waals surface area (Å²) in [6.45, 7) is 0. The SMILES string of the molecule is NC(=S)C(C1CC1)N1C(=O)C2CC2C1=O. The third kappa shape index (κ3) is 1.22. The zero-order valence-corrected chi connectivity index (χ0v) is 9.00. The van der Waals surface area contributed by atoms with E-state index >= 15 is 0 Å². The van der Waals surface area contributed by atoms with E-state index in [1.54, 1.807) is 0 Å². The van der Waals surface area contributed by atoms with Gasteiger partial charge in [-0.25, -0.2) is 0 Å². The third-order valence-corrected chi connectivity index (χ3v) is 3.78. The predicted molar refractivity (Wildman–Crippen MR) is 56.7 cm³/mol. The van der Waals surface area contributed by atoms with Gasteiger partial charge in [0.15, 0.2) is 0 Å². The van der Waals surface area contributed by atoms with Gasteiger partial charge in [-0.3, -0.25) is 14.5 Å². The monoisotopic (exact) mass is 224 g/mol. The first-order chi connectivity index (χ1) is 7.11. The van der Waals surface area contributed by atoms with Gasteiger partial charge in [0.2, 0.25) is 11.8 Å². The molecule has 5 heteroatoms. The lowest BCUT2D eigenvalue weighted by atomic mass is 10.1. The van der Waals surface area contributed by atoms with Crippen molar-refractivity contribution >= 4 is 29.0 Å². The maximum atomic E-state index is 11.8. The molecule has 2 amide bonds. The number of fused-ring (bicyclic) bond motifs is 1. The molecule has 0 aromatic heterocycles. The van der Waals surface area contributed by atoms with Gasteiger partial charge in [-0.15, -0.1) is 0 Å². The number of nitrogens with zero attached hydrogens (tertiary/aromatic N) is 1. The van der Waals surface area contributed by atoms with Crippen LogP contribution in [0.2, 0.25) is 0 Å². The van der Waals surface area contributed by atoms with Crippen LogP contribution in [-0.2, 0) is 9.59 Å². The molecule has 3 fully saturated rings. The standard InChI is InChI=1S/C10H12N2O2S/c11-8(15)7(4-1-2-4)12-9(13)5-3-6(5)10(12)14/h4-7H,1-3H2,(H2,11,15). The van der Waals surface area contributed by atoms with Crippen molar-refractivity contribution in [3.05, 3.63) is 0 Å². The summed E-state index contributed by atoms with van der Waals surface area (Å²) in [5.41, 5.74) is 5.63. The Morgan fingerprint density at radius 1 is 1.33 bits per heavy atom. The van der Waals surface area contributed by atoms with Gasteiger partial charge in [0.25, 0.3) is 0 Å². The molecule has 1 saturated heterocycles. The maximum Gasteiger partial charge on any atom is 0.233 e. The van der Waals surface area contributed by atoms with E-state index in [-0.39, 0.29) is 29.7 Å². The van der Waals surface area contributed by atoms with Crippen molar-refractivity contribution in [2.45, 2.75) is 25.3 Å². The first-order valence-corrected chi connectivity index (χ1v) is 5.68. The smallest absolute Gasteiger partial charge is 0.233 e. The molecule has 0 bridgehead atoms. The van der Waals surface area contributed by atoms with Gasteiger partial charge < -0.3 is 5.73 Å². The fourth-order valence-electron chi connectivity index (χ4n) is 2.46. The van der Waals surface area contributed by atoms with Gasteiger partial charge in [0, 0.05) is 0 Å². The summed E-state index contributed by atoms with van der Waals surface area (Å²) in [6, 6.07) is -0.298. The number of carbonyl (C=O) groups excluding carboxylic acids is 2. The van der Waals surface area contributed by atoms with E-state index in [0.29, 0.717) is 10.9 Å². The van der Waals surface area contributed by atoms with Crippen LogP contribution in [-0.4, -0.2) is 27.7 Å². The molecule has 0 radical (unpaired) electrons. The molecule has 0 aromatic carbocycles. The number of imide groups is 1. The molecule has 1 heterocycles. The molecule has 3 rings (SSSR count). The second kappa shape index (κ2) is 2.78. The van der Waals surface area contributed by atoms with E-state index in [9.17, 15) is 9.59 Å². The molecule has 0 spiro atoms. The van der Waals surface area contributed by atoms with Gasteiger partial charge in [0.1, 0.15) is 0 Å². The lowest BCUT2D eigenvalue weighted by molar-refractivity contribution is -0.142. The highest BCUT2D eigenvalue weighted by Gasteiger charge is 2.61. The van der Waals surface area contributed by atoms with Crippen molar-refractivity contribution in [3.63, 3.8) is 0 Å². The Balaban J connectivity index is 1.88. The predicted octanol–water partition coefficient (Wildman–Crippen LogP) is 0.0560. The largest absolute Gasteiger partial charge is 0.392 e. The molecule has 2 aliphatic carbocycles. The highest BCUT2D eigenvalue weighted by Crippen LogP contribution is 2.50. The fourth-order valence-corrected chi connectivity index (χ4v) is 2.76. The van der Waals surface area contributed by atoms with Crippen LogP contribution in [0, 0.1) is 17.8 Å². The number of piperidine rings is 1. The van der Waals surface area contributed by atoms with Crippen molar-refractivity contribution in [2.24, 2.45) is 23.5 Å². The first kappa shape index (κ1) is 9.27. The molecule has 2 saturated carbocycles. The van der Waals surface area contributed by atoms with Gasteiger partial charge in [0.05, 0.1) is 22.9 Å². The van der Waals surface area contributed by atoms with E-state index in [2.05, 4.69) is 0 Å². The molecule has 0 aromatic rings. The third-order valence-electron chi connectivity index (χ3n) is 3.54. The Hall–Kier alpha value is -0.970. The average molecular weight is 224 g/mol. The number of amides is 2. The van der Waals surface area contributed by atoms with Crippen LogP contribution in [0.3, 0.4) is 0 Å². The number of thiocarbonyl (C=S) groups is 1. The Labute approximate surface area is 92.8 Å². The summed E-state index contributed by atoms with van der Waals surface area (Å²) >= 11 is 4.96. The minimum atomic E-state index is -0.298. The van der Waals surface area contributed by atoms with E-state index in [1.807, 2.05) is 0 Å². The van der Waals surface area contributed by atoms with Crippen molar-refractivity contribution in [1.82, 2.24) is 4.90 Å². The van der Waals surface area contributed by atoms with Crippen LogP contribution in [0.15, 0.2) is 0 Å². The van der Waals surface area contributed by atoms with Gasteiger partial charge in [-0.2, -0.15) is 0 Å². The second-order valence-electron chi connectivity index (χ2n) is 4.68. The number of carbonyl (C=O) groups is 2. The molecule has 2 N–H and O–H groups in total. The number of likely N-dealkylation sites (tertiary alicyclic amines) is 1. The van der Waals surface area contributed by atoms with Crippen LogP contribution in [0.1, 0.15) is 19.3 Å². The Morgan fingerprint density at radius 3 is 2.27 bits per heavy atom. The summed E-state index contributed by atoms with van der Waals surface area (Å²) in [4.78, 5) is 25.3. The lowest BCUT2D eigenvalue weighted by Gasteiger charge is -2.26. The number of rotatable bonds is 3. The molecular formula is C10H12N2O2S. The minimum Gasteiger partial charge on any atom is -0.392 e. The molecule has 3 atom stereocenters. The van der Waals surface area contributed by atoms with Crippen molar-refractivity contribution in [3.8, 4) is 0 Å². The summed E-state index contributed by atoms with van der Waals surface area (Å²) in [5.74, 6) is 0.137. The molecule has 3 unspecified atom stereocenters. The average Bonchev–Trinajstić information content (AvgIpc) is 2.99. The molecule has 15 heavy (non-hydrogen) atoms. The summed E-state index contributed by atoms with van der Waals surface area (Å²) < 4.78 is 0. The van der Waals surface area contributed by atoms with Crippen LogP contribution < -0.4 is 5.73 Å². The van der Waals surface area contributed by atoms with Crippen LogP contribution in [0.4, 0.5) is 0 Å². The van der Waals surface area contributed by atoms with Crippen molar-refractivity contribution in [1.29, 1.82) is 0 Å². The van der Waals surface area contributed by atoms with E-state index in [1.165, 1.54) is 4.90 Å². The van der Waals surface area contributed by atoms with Crippen LogP contribution in [0.5, 0.6) is 0 Å². The Bertz CT molecular complexity index is 358. The number of hydrogen-bond donors (Lipinski definition) is 1. The number of nitrogens with two attached hydrogens (primary N) is 1. The molecule has 1 aliphatic heterocycles. The van der Waals surface area contributed by atoms with E-state index in [0.717, 1.165) is 19.3 Å². The normalized spacial score (nSPS) is 35.3. The topological polar surface area (TPSA) is 63.4 Å². The quantitative estimate of drug-likeness (QED) is 0.544. The zero-order chi connectivity index (χ0) is 10.7. The van der Waals surface area contributed by atoms with Crippen molar-refractivity contribution < 1.29 is 9.59 Å². The van der Waals surface area contributed by atoms with Gasteiger partial charge in [-0.05, 0) is 25.2 Å². The first-order valence-electron chi connectivity index (χ1n) is 5.27. The van der Waals surface area contributed by atoms with Gasteiger partial charge in [-0.1, -0.05) is 12.2 Å². The highest BCUT2D eigenvalue weighted by molar-refractivity contribution is 7.80. The van der Waals surface area contributed by atoms with Crippen molar-refractivity contribution in [2.75, 3.05) is 0 Å². The molecular weight excluding hydrogens is 212 g/mol. The minimum absolute atomic E-state index is 0.0466.